The van der Waals surface area contributed by atoms with Crippen molar-refractivity contribution in [2.24, 2.45) is 0 Å². The molecule has 1 amide bonds. The van der Waals surface area contributed by atoms with Gasteiger partial charge in [0, 0.05) is 13.1 Å². The lowest BCUT2D eigenvalue weighted by Gasteiger charge is -2.24. The molecule has 1 aromatic heterocycles. The van der Waals surface area contributed by atoms with Gasteiger partial charge in [0.25, 0.3) is 5.91 Å². The summed E-state index contributed by atoms with van der Waals surface area (Å²) in [5.41, 5.74) is -0.672. The summed E-state index contributed by atoms with van der Waals surface area (Å²) in [6.45, 7) is 4.64. The largest absolute Gasteiger partial charge is 0.421 e. The summed E-state index contributed by atoms with van der Waals surface area (Å²) < 4.78 is 39.8. The molecule has 0 aliphatic carbocycles. The third kappa shape index (κ3) is 5.83. The van der Waals surface area contributed by atoms with Gasteiger partial charge in [0.05, 0.1) is 0 Å². The molecule has 6 heteroatoms. The van der Waals surface area contributed by atoms with Gasteiger partial charge in [-0.05, 0) is 41.3 Å². The highest BCUT2D eigenvalue weighted by atomic mass is 32.1. The summed E-state index contributed by atoms with van der Waals surface area (Å²) in [4.78, 5) is 13.7. The van der Waals surface area contributed by atoms with Crippen LogP contribution in [0.5, 0.6) is 0 Å². The van der Waals surface area contributed by atoms with E-state index in [1.165, 1.54) is 16.2 Å². The highest BCUT2D eigenvalue weighted by Crippen LogP contribution is 2.30. The minimum Gasteiger partial charge on any atom is -0.339 e. The monoisotopic (exact) mass is 333 g/mol. The lowest BCUT2D eigenvalue weighted by Crippen LogP contribution is -2.37. The van der Waals surface area contributed by atoms with Crippen LogP contribution < -0.4 is 0 Å². The van der Waals surface area contributed by atoms with Crippen LogP contribution in [0.15, 0.2) is 22.4 Å². The number of hydrogen-bond acceptors (Lipinski definition) is 2. The molecule has 124 valence electrons. The zero-order chi connectivity index (χ0) is 16.6. The van der Waals surface area contributed by atoms with Crippen molar-refractivity contribution in [3.63, 3.8) is 0 Å². The number of carbonyl (C=O) groups is 1. The van der Waals surface area contributed by atoms with Gasteiger partial charge in [-0.2, -0.15) is 24.5 Å². The second-order valence-electron chi connectivity index (χ2n) is 5.11. The van der Waals surface area contributed by atoms with E-state index in [-0.39, 0.29) is 0 Å². The van der Waals surface area contributed by atoms with Crippen molar-refractivity contribution in [3.8, 4) is 0 Å². The first kappa shape index (κ1) is 18.7. The predicted octanol–water partition coefficient (Wildman–Crippen LogP) is 5.12. The highest BCUT2D eigenvalue weighted by Gasteiger charge is 2.40. The van der Waals surface area contributed by atoms with Crippen LogP contribution in [0, 0.1) is 0 Å². The second kappa shape index (κ2) is 8.98. The van der Waals surface area contributed by atoms with Crippen molar-refractivity contribution < 1.29 is 18.0 Å². The van der Waals surface area contributed by atoms with Crippen molar-refractivity contribution in [2.45, 2.75) is 45.7 Å². The number of halogens is 3. The molecule has 2 nitrogen and oxygen atoms in total. The molecule has 0 saturated heterocycles. The molecule has 0 N–H and O–H groups in total. The van der Waals surface area contributed by atoms with E-state index in [0.29, 0.717) is 31.5 Å². The first-order valence-corrected chi connectivity index (χ1v) is 8.44. The molecule has 0 radical (unpaired) electrons. The van der Waals surface area contributed by atoms with Crippen molar-refractivity contribution in [2.75, 3.05) is 13.1 Å². The fraction of sp³-hybridized carbons (Fsp3) is 0.562. The van der Waals surface area contributed by atoms with Gasteiger partial charge < -0.3 is 4.90 Å². The Morgan fingerprint density at radius 1 is 1.23 bits per heavy atom. The van der Waals surface area contributed by atoms with E-state index in [2.05, 4.69) is 0 Å². The zero-order valence-corrected chi connectivity index (χ0v) is 13.8. The number of thiophene rings is 1. The SMILES string of the molecule is CCCCN(CCCC)C(=O)/C(=C/c1ccsc1)C(F)(F)F. The zero-order valence-electron chi connectivity index (χ0n) is 12.9. The predicted molar refractivity (Wildman–Crippen MR) is 84.7 cm³/mol. The maximum atomic E-state index is 13.3. The van der Waals surface area contributed by atoms with E-state index >= 15 is 0 Å². The molecule has 22 heavy (non-hydrogen) atoms. The van der Waals surface area contributed by atoms with E-state index in [1.54, 1.807) is 16.8 Å². The molecule has 0 fully saturated rings. The Bertz CT molecular complexity index is 472. The maximum absolute atomic E-state index is 13.3. The first-order chi connectivity index (χ1) is 10.4. The molecule has 0 aliphatic rings. The van der Waals surface area contributed by atoms with Crippen molar-refractivity contribution in [1.29, 1.82) is 0 Å². The molecule has 0 unspecified atom stereocenters. The number of nitrogens with zero attached hydrogens (tertiary/aromatic N) is 1. The fourth-order valence-electron chi connectivity index (χ4n) is 1.97. The van der Waals surface area contributed by atoms with Crippen LogP contribution in [0.2, 0.25) is 0 Å². The summed E-state index contributed by atoms with van der Waals surface area (Å²) in [6, 6.07) is 1.58. The summed E-state index contributed by atoms with van der Waals surface area (Å²) in [7, 11) is 0. The molecular formula is C16H22F3NOS. The normalized spacial score (nSPS) is 12.5. The quantitative estimate of drug-likeness (QED) is 0.605. The van der Waals surface area contributed by atoms with Gasteiger partial charge in [0.1, 0.15) is 5.57 Å². The Hall–Kier alpha value is -1.30. The van der Waals surface area contributed by atoms with Crippen LogP contribution in [0.25, 0.3) is 6.08 Å². The van der Waals surface area contributed by atoms with Crippen LogP contribution in [0.1, 0.15) is 45.1 Å². The number of rotatable bonds is 8. The van der Waals surface area contributed by atoms with Crippen LogP contribution in [0.4, 0.5) is 13.2 Å². The number of carbonyl (C=O) groups excluding carboxylic acids is 1. The third-order valence-electron chi connectivity index (χ3n) is 3.24. The van der Waals surface area contributed by atoms with Gasteiger partial charge in [-0.25, -0.2) is 0 Å². The number of unbranched alkanes of at least 4 members (excludes halogenated alkanes) is 2. The topological polar surface area (TPSA) is 20.3 Å². The average molecular weight is 333 g/mol. The smallest absolute Gasteiger partial charge is 0.339 e. The van der Waals surface area contributed by atoms with E-state index in [9.17, 15) is 18.0 Å². The lowest BCUT2D eigenvalue weighted by molar-refractivity contribution is -0.139. The Kier molecular flexibility index (Phi) is 7.65. The Balaban J connectivity index is 3.02. The highest BCUT2D eigenvalue weighted by molar-refractivity contribution is 7.08. The standard InChI is InChI=1S/C16H22F3NOS/c1-3-5-8-20(9-6-4-2)15(21)14(16(17,18)19)11-13-7-10-22-12-13/h7,10-12H,3-6,8-9H2,1-2H3/b14-11-. The van der Waals surface area contributed by atoms with Crippen molar-refractivity contribution in [3.05, 3.63) is 28.0 Å². The lowest BCUT2D eigenvalue weighted by atomic mass is 10.1. The molecule has 0 aliphatic heterocycles. The minimum atomic E-state index is -4.64. The molecule has 1 aromatic rings. The van der Waals surface area contributed by atoms with Crippen molar-refractivity contribution >= 4 is 23.3 Å². The molecule has 0 saturated carbocycles. The molecular weight excluding hydrogens is 311 g/mol. The number of hydrogen-bond donors (Lipinski definition) is 0. The average Bonchev–Trinajstić information content (AvgIpc) is 2.96. The first-order valence-electron chi connectivity index (χ1n) is 7.50. The Labute approximate surface area is 133 Å². The van der Waals surface area contributed by atoms with Gasteiger partial charge in [0.2, 0.25) is 0 Å². The summed E-state index contributed by atoms with van der Waals surface area (Å²) >= 11 is 1.30. The van der Waals surface area contributed by atoms with Gasteiger partial charge in [-0.3, -0.25) is 4.79 Å². The number of amides is 1. The Morgan fingerprint density at radius 3 is 2.23 bits per heavy atom. The van der Waals surface area contributed by atoms with Gasteiger partial charge in [-0.1, -0.05) is 26.7 Å². The molecule has 0 atom stereocenters. The molecule has 1 heterocycles. The summed E-state index contributed by atoms with van der Waals surface area (Å²) in [6.07, 6.45) is -0.603. The van der Waals surface area contributed by atoms with Crippen LogP contribution >= 0.6 is 11.3 Å². The minimum absolute atomic E-state index is 0.367. The molecule has 0 aromatic carbocycles. The maximum Gasteiger partial charge on any atom is 0.421 e. The fourth-order valence-corrected chi connectivity index (χ4v) is 2.59. The third-order valence-corrected chi connectivity index (χ3v) is 3.94. The van der Waals surface area contributed by atoms with Gasteiger partial charge in [0.15, 0.2) is 0 Å². The number of alkyl halides is 3. The molecule has 0 spiro atoms. The molecule has 0 bridgehead atoms. The van der Waals surface area contributed by atoms with E-state index < -0.39 is 17.7 Å². The van der Waals surface area contributed by atoms with Crippen LogP contribution in [0.3, 0.4) is 0 Å². The molecule has 1 rings (SSSR count). The second-order valence-corrected chi connectivity index (χ2v) is 5.89. The Morgan fingerprint density at radius 2 is 1.82 bits per heavy atom. The van der Waals surface area contributed by atoms with E-state index in [4.69, 9.17) is 0 Å². The van der Waals surface area contributed by atoms with Crippen LogP contribution in [-0.2, 0) is 4.79 Å². The van der Waals surface area contributed by atoms with Gasteiger partial charge >= 0.3 is 6.18 Å². The summed E-state index contributed by atoms with van der Waals surface area (Å²) in [5.74, 6) is -0.916. The van der Waals surface area contributed by atoms with E-state index in [0.717, 1.165) is 18.9 Å². The summed E-state index contributed by atoms with van der Waals surface area (Å²) in [5, 5.41) is 3.29. The van der Waals surface area contributed by atoms with Crippen molar-refractivity contribution in [1.82, 2.24) is 4.90 Å². The van der Waals surface area contributed by atoms with E-state index in [1.807, 2.05) is 13.8 Å². The van der Waals surface area contributed by atoms with Gasteiger partial charge in [-0.15, -0.1) is 0 Å². The van der Waals surface area contributed by atoms with Crippen LogP contribution in [-0.4, -0.2) is 30.1 Å².